The maximum Gasteiger partial charge on any atom is 0.329 e. The minimum absolute atomic E-state index is 0.135. The fraction of sp³-hybridized carbons (Fsp3) is 0.0476. The molecule has 4 rings (SSSR count). The SMILES string of the molecule is O=C1NC(=Cc2ccc(-c3cccc(F)c3)o2)C(=O)N1Cc1ccccc1. The molecule has 0 bridgehead atoms. The number of benzene rings is 2. The van der Waals surface area contributed by atoms with Gasteiger partial charge in [0, 0.05) is 11.6 Å². The first-order valence-electron chi connectivity index (χ1n) is 8.34. The predicted molar refractivity (Wildman–Crippen MR) is 97.6 cm³/mol. The largest absolute Gasteiger partial charge is 0.457 e. The number of amides is 3. The number of nitrogens with one attached hydrogen (secondary N) is 1. The van der Waals surface area contributed by atoms with Crippen molar-refractivity contribution in [2.75, 3.05) is 0 Å². The summed E-state index contributed by atoms with van der Waals surface area (Å²) in [5.74, 6) is 0.0740. The summed E-state index contributed by atoms with van der Waals surface area (Å²) in [6.45, 7) is 0.190. The van der Waals surface area contributed by atoms with Crippen LogP contribution in [0.3, 0.4) is 0 Å². The van der Waals surface area contributed by atoms with Gasteiger partial charge in [0.1, 0.15) is 23.0 Å². The molecule has 0 radical (unpaired) electrons. The maximum atomic E-state index is 13.4. The average Bonchev–Trinajstić information content (AvgIpc) is 3.23. The van der Waals surface area contributed by atoms with Gasteiger partial charge >= 0.3 is 6.03 Å². The van der Waals surface area contributed by atoms with E-state index in [0.29, 0.717) is 17.1 Å². The monoisotopic (exact) mass is 362 g/mol. The van der Waals surface area contributed by atoms with E-state index >= 15 is 0 Å². The Labute approximate surface area is 154 Å². The predicted octanol–water partition coefficient (Wildman–Crippen LogP) is 4.18. The molecule has 0 atom stereocenters. The summed E-state index contributed by atoms with van der Waals surface area (Å²) >= 11 is 0. The molecule has 1 aliphatic rings. The summed E-state index contributed by atoms with van der Waals surface area (Å²) in [6.07, 6.45) is 1.47. The first kappa shape index (κ1) is 16.8. The molecule has 1 aromatic heterocycles. The van der Waals surface area contributed by atoms with E-state index in [1.165, 1.54) is 18.2 Å². The molecule has 5 nitrogen and oxygen atoms in total. The zero-order valence-corrected chi connectivity index (χ0v) is 14.2. The Balaban J connectivity index is 1.54. The topological polar surface area (TPSA) is 62.6 Å². The Hall–Kier alpha value is -3.67. The molecule has 0 saturated carbocycles. The molecule has 0 aliphatic carbocycles. The Morgan fingerprint density at radius 2 is 1.81 bits per heavy atom. The second-order valence-electron chi connectivity index (χ2n) is 6.08. The second-order valence-corrected chi connectivity index (χ2v) is 6.08. The lowest BCUT2D eigenvalue weighted by Crippen LogP contribution is -2.30. The fourth-order valence-corrected chi connectivity index (χ4v) is 2.85. The highest BCUT2D eigenvalue weighted by molar-refractivity contribution is 6.13. The van der Waals surface area contributed by atoms with Crippen molar-refractivity contribution in [2.24, 2.45) is 0 Å². The van der Waals surface area contributed by atoms with Gasteiger partial charge in [0.2, 0.25) is 0 Å². The summed E-state index contributed by atoms with van der Waals surface area (Å²) in [6, 6.07) is 18.2. The third-order valence-corrected chi connectivity index (χ3v) is 4.17. The Bertz CT molecular complexity index is 1040. The van der Waals surface area contributed by atoms with E-state index in [4.69, 9.17) is 4.42 Å². The molecular weight excluding hydrogens is 347 g/mol. The van der Waals surface area contributed by atoms with Gasteiger partial charge in [0.25, 0.3) is 5.91 Å². The zero-order chi connectivity index (χ0) is 18.8. The van der Waals surface area contributed by atoms with Gasteiger partial charge < -0.3 is 9.73 Å². The van der Waals surface area contributed by atoms with Crippen molar-refractivity contribution in [2.45, 2.75) is 6.54 Å². The first-order chi connectivity index (χ1) is 13.1. The number of rotatable bonds is 4. The van der Waals surface area contributed by atoms with Crippen LogP contribution >= 0.6 is 0 Å². The smallest absolute Gasteiger partial charge is 0.329 e. The fourth-order valence-electron chi connectivity index (χ4n) is 2.85. The van der Waals surface area contributed by atoms with Gasteiger partial charge in [-0.05, 0) is 29.8 Å². The summed E-state index contributed by atoms with van der Waals surface area (Å²) in [5, 5.41) is 2.56. The van der Waals surface area contributed by atoms with Crippen LogP contribution in [0.4, 0.5) is 9.18 Å². The van der Waals surface area contributed by atoms with Crippen LogP contribution < -0.4 is 5.32 Å². The van der Waals surface area contributed by atoms with Crippen LogP contribution in [0, 0.1) is 5.82 Å². The lowest BCUT2D eigenvalue weighted by Gasteiger charge is -2.11. The van der Waals surface area contributed by atoms with Crippen molar-refractivity contribution < 1.29 is 18.4 Å². The number of urea groups is 1. The third kappa shape index (κ3) is 3.50. The Morgan fingerprint density at radius 3 is 2.59 bits per heavy atom. The number of carbonyl (C=O) groups excluding carboxylic acids is 2. The maximum absolute atomic E-state index is 13.4. The molecule has 3 amide bonds. The minimum Gasteiger partial charge on any atom is -0.457 e. The van der Waals surface area contributed by atoms with E-state index in [0.717, 1.165) is 10.5 Å². The number of carbonyl (C=O) groups is 2. The quantitative estimate of drug-likeness (QED) is 0.559. The van der Waals surface area contributed by atoms with E-state index < -0.39 is 11.9 Å². The Morgan fingerprint density at radius 1 is 1.00 bits per heavy atom. The van der Waals surface area contributed by atoms with E-state index in [9.17, 15) is 14.0 Å². The van der Waals surface area contributed by atoms with Crippen LogP contribution in [0.2, 0.25) is 0 Å². The van der Waals surface area contributed by atoms with Gasteiger partial charge in [-0.25, -0.2) is 9.18 Å². The molecule has 1 fully saturated rings. The average molecular weight is 362 g/mol. The zero-order valence-electron chi connectivity index (χ0n) is 14.2. The van der Waals surface area contributed by atoms with Crippen LogP contribution in [0.5, 0.6) is 0 Å². The minimum atomic E-state index is -0.480. The number of furan rings is 1. The first-order valence-corrected chi connectivity index (χ1v) is 8.34. The summed E-state index contributed by atoms with van der Waals surface area (Å²) < 4.78 is 19.0. The van der Waals surface area contributed by atoms with E-state index in [1.807, 2.05) is 30.3 Å². The van der Waals surface area contributed by atoms with Crippen molar-refractivity contribution in [1.29, 1.82) is 0 Å². The highest BCUT2D eigenvalue weighted by atomic mass is 19.1. The van der Waals surface area contributed by atoms with Crippen LogP contribution in [0.1, 0.15) is 11.3 Å². The molecule has 0 spiro atoms. The summed E-state index contributed by atoms with van der Waals surface area (Å²) in [4.78, 5) is 25.8. The van der Waals surface area contributed by atoms with Crippen molar-refractivity contribution in [3.8, 4) is 11.3 Å². The van der Waals surface area contributed by atoms with Gasteiger partial charge in [-0.15, -0.1) is 0 Å². The van der Waals surface area contributed by atoms with Gasteiger partial charge in [-0.2, -0.15) is 0 Å². The number of hydrogen-bond acceptors (Lipinski definition) is 3. The second kappa shape index (κ2) is 6.92. The van der Waals surface area contributed by atoms with Crippen LogP contribution in [0.25, 0.3) is 17.4 Å². The van der Waals surface area contributed by atoms with Crippen LogP contribution in [-0.4, -0.2) is 16.8 Å². The van der Waals surface area contributed by atoms with Crippen molar-refractivity contribution in [1.82, 2.24) is 10.2 Å². The number of hydrogen-bond donors (Lipinski definition) is 1. The third-order valence-electron chi connectivity index (χ3n) is 4.17. The highest BCUT2D eigenvalue weighted by Gasteiger charge is 2.33. The van der Waals surface area contributed by atoms with Crippen molar-refractivity contribution in [3.63, 3.8) is 0 Å². The number of halogens is 1. The molecule has 2 heterocycles. The number of nitrogens with zero attached hydrogens (tertiary/aromatic N) is 1. The van der Waals surface area contributed by atoms with Gasteiger partial charge in [-0.3, -0.25) is 9.69 Å². The summed E-state index contributed by atoms with van der Waals surface area (Å²) in [7, 11) is 0. The summed E-state index contributed by atoms with van der Waals surface area (Å²) in [5.41, 5.74) is 1.58. The normalized spacial score (nSPS) is 15.4. The molecule has 6 heteroatoms. The van der Waals surface area contributed by atoms with Crippen molar-refractivity contribution in [3.05, 3.63) is 89.6 Å². The Kier molecular flexibility index (Phi) is 4.30. The number of imide groups is 1. The lowest BCUT2D eigenvalue weighted by atomic mass is 10.2. The van der Waals surface area contributed by atoms with E-state index in [1.54, 1.807) is 24.3 Å². The van der Waals surface area contributed by atoms with E-state index in [-0.39, 0.29) is 18.1 Å². The molecular formula is C21H15FN2O3. The van der Waals surface area contributed by atoms with Crippen LogP contribution in [-0.2, 0) is 11.3 Å². The molecule has 27 heavy (non-hydrogen) atoms. The van der Waals surface area contributed by atoms with Gasteiger partial charge in [-0.1, -0.05) is 42.5 Å². The standard InChI is InChI=1S/C21H15FN2O3/c22-16-8-4-7-15(11-16)19-10-9-17(27-19)12-18-20(25)24(21(26)23-18)13-14-5-2-1-3-6-14/h1-12H,13H2,(H,23,26). The molecule has 1 saturated heterocycles. The highest BCUT2D eigenvalue weighted by Crippen LogP contribution is 2.25. The molecule has 2 aromatic carbocycles. The molecule has 1 aliphatic heterocycles. The van der Waals surface area contributed by atoms with Gasteiger partial charge in [0.15, 0.2) is 0 Å². The van der Waals surface area contributed by atoms with E-state index in [2.05, 4.69) is 5.32 Å². The lowest BCUT2D eigenvalue weighted by molar-refractivity contribution is -0.123. The van der Waals surface area contributed by atoms with Gasteiger partial charge in [0.05, 0.1) is 6.54 Å². The molecule has 134 valence electrons. The van der Waals surface area contributed by atoms with Crippen LogP contribution in [0.15, 0.2) is 76.8 Å². The molecule has 1 N–H and O–H groups in total. The molecule has 0 unspecified atom stereocenters. The molecule has 3 aromatic rings. The van der Waals surface area contributed by atoms with Crippen molar-refractivity contribution >= 4 is 18.0 Å².